The summed E-state index contributed by atoms with van der Waals surface area (Å²) >= 11 is 0. The van der Waals surface area contributed by atoms with Gasteiger partial charge in [-0.15, -0.1) is 0 Å². The first-order valence-electron chi connectivity index (χ1n) is 7.91. The molecule has 1 aromatic rings. The van der Waals surface area contributed by atoms with E-state index in [1.807, 2.05) is 0 Å². The van der Waals surface area contributed by atoms with Crippen LogP contribution in [0.25, 0.3) is 0 Å². The zero-order valence-corrected chi connectivity index (χ0v) is 13.9. The van der Waals surface area contributed by atoms with E-state index in [4.69, 9.17) is 0 Å². The summed E-state index contributed by atoms with van der Waals surface area (Å²) in [6.45, 7) is 1.93. The average molecular weight is 333 g/mol. The lowest BCUT2D eigenvalue weighted by Crippen LogP contribution is -3.11. The molecule has 0 aliphatic heterocycles. The van der Waals surface area contributed by atoms with Crippen LogP contribution in [0.15, 0.2) is 24.3 Å². The van der Waals surface area contributed by atoms with Crippen molar-refractivity contribution in [3.05, 3.63) is 30.1 Å². The first kappa shape index (κ1) is 17.9. The highest BCUT2D eigenvalue weighted by molar-refractivity contribution is 5.91. The minimum absolute atomic E-state index is 0.0947. The predicted octanol–water partition coefficient (Wildman–Crippen LogP) is 0.0874. The molecule has 0 heterocycles. The van der Waals surface area contributed by atoms with Gasteiger partial charge in [-0.3, -0.25) is 9.59 Å². The largest absolute Gasteiger partial charge is 0.333 e. The van der Waals surface area contributed by atoms with E-state index < -0.39 is 5.54 Å². The van der Waals surface area contributed by atoms with E-state index in [1.54, 1.807) is 14.0 Å². The summed E-state index contributed by atoms with van der Waals surface area (Å²) in [6.07, 6.45) is 1.90. The Morgan fingerprint density at radius 1 is 1.29 bits per heavy atom. The van der Waals surface area contributed by atoms with Gasteiger partial charge < -0.3 is 15.5 Å². The third-order valence-electron chi connectivity index (χ3n) is 4.08. The number of amides is 2. The number of likely N-dealkylation sites (N-methyl/N-ethyl adjacent to an activating group) is 1. The van der Waals surface area contributed by atoms with Crippen molar-refractivity contribution < 1.29 is 18.9 Å². The Morgan fingerprint density at radius 3 is 2.42 bits per heavy atom. The Kier molecular flexibility index (Phi) is 5.52. The molecule has 2 atom stereocenters. The maximum absolute atomic E-state index is 12.8. The van der Waals surface area contributed by atoms with Crippen LogP contribution in [0.1, 0.15) is 19.8 Å². The molecule has 0 radical (unpaired) electrons. The molecule has 2 amide bonds. The van der Waals surface area contributed by atoms with Crippen LogP contribution in [0.3, 0.4) is 0 Å². The number of nitrogens with zero attached hydrogens (tertiary/aromatic N) is 1. The Bertz CT molecular complexity index is 652. The molecule has 1 aliphatic rings. The lowest BCUT2D eigenvalue weighted by Gasteiger charge is -2.23. The SMILES string of the molecule is C[NH+](CC(=O)Nc1ccc(F)cc1)CC(=O)N[C@](C)(C#N)C1CC1. The molecule has 3 N–H and O–H groups in total. The molecule has 6 nitrogen and oxygen atoms in total. The average Bonchev–Trinajstić information content (AvgIpc) is 3.34. The highest BCUT2D eigenvalue weighted by Gasteiger charge is 2.43. The molecule has 1 aliphatic carbocycles. The fraction of sp³-hybridized carbons (Fsp3) is 0.471. The quantitative estimate of drug-likeness (QED) is 0.661. The Hall–Kier alpha value is -2.46. The molecule has 1 unspecified atom stereocenters. The third-order valence-corrected chi connectivity index (χ3v) is 4.08. The van der Waals surface area contributed by atoms with Gasteiger partial charge in [-0.2, -0.15) is 5.26 Å². The molecule has 0 bridgehead atoms. The molecule has 1 fully saturated rings. The van der Waals surface area contributed by atoms with Crippen LogP contribution < -0.4 is 15.5 Å². The van der Waals surface area contributed by atoms with Crippen LogP contribution in [0.2, 0.25) is 0 Å². The molecule has 1 saturated carbocycles. The number of nitriles is 1. The van der Waals surface area contributed by atoms with Crippen molar-refractivity contribution in [2.75, 3.05) is 25.5 Å². The molecule has 7 heteroatoms. The zero-order valence-electron chi connectivity index (χ0n) is 13.9. The van der Waals surface area contributed by atoms with Crippen LogP contribution in [0.5, 0.6) is 0 Å². The van der Waals surface area contributed by atoms with Gasteiger partial charge in [-0.05, 0) is 49.9 Å². The second kappa shape index (κ2) is 7.41. The van der Waals surface area contributed by atoms with Crippen LogP contribution in [-0.2, 0) is 9.59 Å². The van der Waals surface area contributed by atoms with Gasteiger partial charge in [-0.1, -0.05) is 0 Å². The number of carbonyl (C=O) groups is 2. The van der Waals surface area contributed by atoms with Crippen molar-refractivity contribution >= 4 is 17.5 Å². The summed E-state index contributed by atoms with van der Waals surface area (Å²) in [7, 11) is 1.73. The maximum atomic E-state index is 12.8. The number of carbonyl (C=O) groups excluding carboxylic acids is 2. The molecule has 128 valence electrons. The summed E-state index contributed by atoms with van der Waals surface area (Å²) < 4.78 is 12.8. The van der Waals surface area contributed by atoms with Crippen molar-refractivity contribution in [1.29, 1.82) is 5.26 Å². The highest BCUT2D eigenvalue weighted by atomic mass is 19.1. The molecule has 0 spiro atoms. The minimum atomic E-state index is -0.826. The summed E-state index contributed by atoms with van der Waals surface area (Å²) in [5, 5.41) is 14.7. The summed E-state index contributed by atoms with van der Waals surface area (Å²) in [6, 6.07) is 7.65. The number of rotatable bonds is 7. The number of anilines is 1. The van der Waals surface area contributed by atoms with Gasteiger partial charge in [0.05, 0.1) is 13.1 Å². The lowest BCUT2D eigenvalue weighted by molar-refractivity contribution is -0.862. The number of hydrogen-bond acceptors (Lipinski definition) is 3. The van der Waals surface area contributed by atoms with E-state index in [0.717, 1.165) is 12.8 Å². The van der Waals surface area contributed by atoms with Crippen molar-refractivity contribution in [2.24, 2.45) is 5.92 Å². The smallest absolute Gasteiger partial charge is 0.279 e. The van der Waals surface area contributed by atoms with Gasteiger partial charge >= 0.3 is 0 Å². The fourth-order valence-electron chi connectivity index (χ4n) is 2.56. The first-order chi connectivity index (χ1) is 11.3. The van der Waals surface area contributed by atoms with Crippen molar-refractivity contribution in [3.8, 4) is 6.07 Å². The van der Waals surface area contributed by atoms with E-state index in [0.29, 0.717) is 10.6 Å². The van der Waals surface area contributed by atoms with Crippen molar-refractivity contribution in [2.45, 2.75) is 25.3 Å². The monoisotopic (exact) mass is 333 g/mol. The molecular formula is C17H22FN4O2+. The highest BCUT2D eigenvalue weighted by Crippen LogP contribution is 2.39. The molecule has 1 aromatic carbocycles. The molecule has 2 rings (SSSR count). The Morgan fingerprint density at radius 2 is 1.88 bits per heavy atom. The van der Waals surface area contributed by atoms with Gasteiger partial charge in [0.25, 0.3) is 11.8 Å². The Balaban J connectivity index is 1.78. The first-order valence-corrected chi connectivity index (χ1v) is 7.91. The van der Waals surface area contributed by atoms with Crippen LogP contribution >= 0.6 is 0 Å². The van der Waals surface area contributed by atoms with Crippen molar-refractivity contribution in [1.82, 2.24) is 5.32 Å². The number of hydrogen-bond donors (Lipinski definition) is 3. The standard InChI is InChI=1S/C17H21FN4O2/c1-17(11-19,12-3-4-12)21-16(24)10-22(2)9-15(23)20-14-7-5-13(18)6-8-14/h5-8,12H,3-4,9-10H2,1-2H3,(H,20,23)(H,21,24)/p+1/t17-/m1/s1. The molecule has 24 heavy (non-hydrogen) atoms. The second-order valence-electron chi connectivity index (χ2n) is 6.50. The fourth-order valence-corrected chi connectivity index (χ4v) is 2.56. The van der Waals surface area contributed by atoms with E-state index in [2.05, 4.69) is 16.7 Å². The summed E-state index contributed by atoms with van der Waals surface area (Å²) in [5.74, 6) is -0.674. The number of halogens is 1. The van der Waals surface area contributed by atoms with Crippen molar-refractivity contribution in [3.63, 3.8) is 0 Å². The third kappa shape index (κ3) is 5.03. The van der Waals surface area contributed by atoms with E-state index in [-0.39, 0.29) is 36.6 Å². The molecule has 0 aromatic heterocycles. The maximum Gasteiger partial charge on any atom is 0.279 e. The van der Waals surface area contributed by atoms with Gasteiger partial charge in [0, 0.05) is 5.69 Å². The van der Waals surface area contributed by atoms with Gasteiger partial charge in [0.2, 0.25) is 0 Å². The summed E-state index contributed by atoms with van der Waals surface area (Å²) in [4.78, 5) is 24.7. The second-order valence-corrected chi connectivity index (χ2v) is 6.50. The summed E-state index contributed by atoms with van der Waals surface area (Å²) in [5.41, 5.74) is -0.322. The van der Waals surface area contributed by atoms with E-state index in [1.165, 1.54) is 24.3 Å². The number of nitrogens with one attached hydrogen (secondary N) is 3. The van der Waals surface area contributed by atoms with Crippen LogP contribution in [-0.4, -0.2) is 37.5 Å². The zero-order chi connectivity index (χ0) is 17.7. The van der Waals surface area contributed by atoms with Gasteiger partial charge in [0.15, 0.2) is 13.1 Å². The Labute approximate surface area is 140 Å². The lowest BCUT2D eigenvalue weighted by atomic mass is 9.98. The number of quaternary nitrogens is 1. The molecule has 0 saturated heterocycles. The van der Waals surface area contributed by atoms with Crippen LogP contribution in [0.4, 0.5) is 10.1 Å². The van der Waals surface area contributed by atoms with E-state index in [9.17, 15) is 19.2 Å². The number of benzene rings is 1. The predicted molar refractivity (Wildman–Crippen MR) is 86.5 cm³/mol. The van der Waals surface area contributed by atoms with E-state index >= 15 is 0 Å². The van der Waals surface area contributed by atoms with Gasteiger partial charge in [0.1, 0.15) is 11.4 Å². The topological polar surface area (TPSA) is 86.4 Å². The minimum Gasteiger partial charge on any atom is -0.333 e. The normalized spacial score (nSPS) is 17.2. The van der Waals surface area contributed by atoms with Gasteiger partial charge in [-0.25, -0.2) is 4.39 Å². The molecular weight excluding hydrogens is 311 g/mol. The van der Waals surface area contributed by atoms with Crippen LogP contribution in [0, 0.1) is 23.1 Å².